The molecule has 2 aromatic rings. The minimum Gasteiger partial charge on any atom is -0.485 e. The van der Waals surface area contributed by atoms with Crippen LogP contribution in [0.3, 0.4) is 0 Å². The molecule has 1 N–H and O–H groups in total. The first-order valence-corrected chi connectivity index (χ1v) is 7.79. The number of carbonyl (C=O) groups is 3. The summed E-state index contributed by atoms with van der Waals surface area (Å²) in [4.78, 5) is 35.4. The number of amides is 1. The third-order valence-corrected chi connectivity index (χ3v) is 4.14. The van der Waals surface area contributed by atoms with Gasteiger partial charge < -0.3 is 14.8 Å². The Kier molecular flexibility index (Phi) is 4.52. The Morgan fingerprint density at radius 3 is 2.44 bits per heavy atom. The van der Waals surface area contributed by atoms with Gasteiger partial charge in [-0.1, -0.05) is 0 Å². The van der Waals surface area contributed by atoms with E-state index in [0.717, 1.165) is 11.3 Å². The number of Topliss-reactive ketones (excluding diaryl/α,β-unsaturated/α-hetero) is 1. The van der Waals surface area contributed by atoms with Gasteiger partial charge in [0.05, 0.1) is 18.6 Å². The van der Waals surface area contributed by atoms with Crippen molar-refractivity contribution in [2.75, 3.05) is 19.0 Å². The van der Waals surface area contributed by atoms with Crippen LogP contribution in [0.4, 0.5) is 5.69 Å². The number of carbonyl (C=O) groups excluding carboxylic acids is 3. The number of fused-ring (bicyclic) bond motifs is 1. The van der Waals surface area contributed by atoms with Crippen molar-refractivity contribution in [1.29, 1.82) is 0 Å². The van der Waals surface area contributed by atoms with Gasteiger partial charge in [-0.15, -0.1) is 0 Å². The topological polar surface area (TPSA) is 81.7 Å². The number of rotatable bonds is 5. The Balaban J connectivity index is 1.65. The Morgan fingerprint density at radius 1 is 1.08 bits per heavy atom. The molecule has 0 radical (unpaired) electrons. The second-order valence-electron chi connectivity index (χ2n) is 5.74. The third-order valence-electron chi connectivity index (χ3n) is 4.14. The monoisotopic (exact) mass is 339 g/mol. The highest BCUT2D eigenvalue weighted by Crippen LogP contribution is 2.32. The predicted molar refractivity (Wildman–Crippen MR) is 91.1 cm³/mol. The average Bonchev–Trinajstić information content (AvgIpc) is 2.93. The van der Waals surface area contributed by atoms with E-state index in [4.69, 9.17) is 4.74 Å². The molecule has 0 saturated carbocycles. The maximum atomic E-state index is 12.3. The molecule has 0 unspecified atom stereocenters. The number of nitrogens with one attached hydrogen (secondary N) is 1. The molecule has 0 saturated heterocycles. The van der Waals surface area contributed by atoms with Gasteiger partial charge in [-0.25, -0.2) is 4.79 Å². The van der Waals surface area contributed by atoms with E-state index in [1.165, 1.54) is 7.11 Å². The Labute approximate surface area is 144 Å². The van der Waals surface area contributed by atoms with Crippen LogP contribution in [0.1, 0.15) is 39.1 Å². The van der Waals surface area contributed by atoms with Gasteiger partial charge in [0.2, 0.25) is 5.91 Å². The minimum atomic E-state index is -0.432. The molecule has 0 spiro atoms. The molecular formula is C19H17NO5. The van der Waals surface area contributed by atoms with Crippen LogP contribution in [0.5, 0.6) is 5.75 Å². The lowest BCUT2D eigenvalue weighted by Gasteiger charge is -2.08. The van der Waals surface area contributed by atoms with Gasteiger partial charge in [0.15, 0.2) is 12.4 Å². The molecule has 1 heterocycles. The van der Waals surface area contributed by atoms with Gasteiger partial charge in [-0.05, 0) is 55.0 Å². The van der Waals surface area contributed by atoms with Crippen molar-refractivity contribution >= 4 is 23.3 Å². The fourth-order valence-electron chi connectivity index (χ4n) is 2.63. The number of hydrogen-bond acceptors (Lipinski definition) is 5. The summed E-state index contributed by atoms with van der Waals surface area (Å²) >= 11 is 0. The van der Waals surface area contributed by atoms with Crippen LogP contribution < -0.4 is 10.1 Å². The normalized spacial score (nSPS) is 15.3. The van der Waals surface area contributed by atoms with E-state index in [1.54, 1.807) is 49.4 Å². The smallest absolute Gasteiger partial charge is 0.337 e. The highest BCUT2D eigenvalue weighted by molar-refractivity contribution is 6.05. The van der Waals surface area contributed by atoms with Gasteiger partial charge >= 0.3 is 5.97 Å². The highest BCUT2D eigenvalue weighted by atomic mass is 16.5. The van der Waals surface area contributed by atoms with Crippen LogP contribution in [-0.4, -0.2) is 31.4 Å². The number of benzene rings is 2. The summed E-state index contributed by atoms with van der Waals surface area (Å²) in [5.74, 6) is -0.479. The SMILES string of the molecule is COC(=O)c1ccc(OCC(=O)c2ccc3c(c2)[C@@H](C)C(=O)N3)cc1. The number of esters is 1. The number of ketones is 1. The molecule has 0 bridgehead atoms. The molecular weight excluding hydrogens is 322 g/mol. The Hall–Kier alpha value is -3.15. The predicted octanol–water partition coefficient (Wildman–Crippen LogP) is 2.79. The lowest BCUT2D eigenvalue weighted by molar-refractivity contribution is -0.116. The van der Waals surface area contributed by atoms with Crippen LogP contribution in [-0.2, 0) is 9.53 Å². The van der Waals surface area contributed by atoms with Crippen molar-refractivity contribution in [2.45, 2.75) is 12.8 Å². The van der Waals surface area contributed by atoms with Crippen molar-refractivity contribution in [1.82, 2.24) is 0 Å². The number of ether oxygens (including phenoxy) is 2. The van der Waals surface area contributed by atoms with Crippen LogP contribution in [0.2, 0.25) is 0 Å². The van der Waals surface area contributed by atoms with E-state index in [1.807, 2.05) is 0 Å². The van der Waals surface area contributed by atoms with E-state index in [0.29, 0.717) is 16.9 Å². The first-order chi connectivity index (χ1) is 12.0. The van der Waals surface area contributed by atoms with E-state index in [9.17, 15) is 14.4 Å². The van der Waals surface area contributed by atoms with E-state index in [-0.39, 0.29) is 24.2 Å². The standard InChI is InChI=1S/C19H17NO5/c1-11-15-9-13(5-8-16(15)20-18(11)22)17(21)10-25-14-6-3-12(4-7-14)19(23)24-2/h3-9,11H,10H2,1-2H3,(H,20,22)/t11-/m1/s1. The lowest BCUT2D eigenvalue weighted by Crippen LogP contribution is -2.12. The van der Waals surface area contributed by atoms with Gasteiger partial charge in [0.1, 0.15) is 5.75 Å². The molecule has 25 heavy (non-hydrogen) atoms. The number of methoxy groups -OCH3 is 1. The molecule has 1 atom stereocenters. The maximum Gasteiger partial charge on any atom is 0.337 e. The zero-order valence-corrected chi connectivity index (χ0v) is 13.9. The Bertz CT molecular complexity index is 841. The first-order valence-electron chi connectivity index (χ1n) is 7.79. The molecule has 6 heteroatoms. The molecule has 1 amide bonds. The summed E-state index contributed by atoms with van der Waals surface area (Å²) in [5.41, 5.74) is 2.46. The van der Waals surface area contributed by atoms with Gasteiger partial charge in [-0.2, -0.15) is 0 Å². The second-order valence-corrected chi connectivity index (χ2v) is 5.74. The summed E-state index contributed by atoms with van der Waals surface area (Å²) in [7, 11) is 1.31. The largest absolute Gasteiger partial charge is 0.485 e. The zero-order chi connectivity index (χ0) is 18.0. The molecule has 6 nitrogen and oxygen atoms in total. The van der Waals surface area contributed by atoms with Crippen molar-refractivity contribution in [3.63, 3.8) is 0 Å². The average molecular weight is 339 g/mol. The van der Waals surface area contributed by atoms with Crippen molar-refractivity contribution in [3.8, 4) is 5.75 Å². The van der Waals surface area contributed by atoms with Gasteiger partial charge in [0.25, 0.3) is 0 Å². The zero-order valence-electron chi connectivity index (χ0n) is 13.9. The summed E-state index contributed by atoms with van der Waals surface area (Å²) in [5, 5.41) is 2.77. The molecule has 3 rings (SSSR count). The van der Waals surface area contributed by atoms with Crippen LogP contribution in [0.15, 0.2) is 42.5 Å². The Morgan fingerprint density at radius 2 is 1.76 bits per heavy atom. The molecule has 0 aliphatic carbocycles. The molecule has 1 aliphatic rings. The molecule has 2 aromatic carbocycles. The minimum absolute atomic E-state index is 0.0680. The van der Waals surface area contributed by atoms with Crippen molar-refractivity contribution in [3.05, 3.63) is 59.2 Å². The summed E-state index contributed by atoms with van der Waals surface area (Å²) in [6, 6.07) is 11.5. The summed E-state index contributed by atoms with van der Waals surface area (Å²) in [6.45, 7) is 1.67. The molecule has 1 aliphatic heterocycles. The molecule has 0 aromatic heterocycles. The van der Waals surface area contributed by atoms with Gasteiger partial charge in [0, 0.05) is 11.3 Å². The second kappa shape index (κ2) is 6.76. The highest BCUT2D eigenvalue weighted by Gasteiger charge is 2.27. The van der Waals surface area contributed by atoms with E-state index >= 15 is 0 Å². The van der Waals surface area contributed by atoms with Crippen molar-refractivity contribution in [2.24, 2.45) is 0 Å². The van der Waals surface area contributed by atoms with Gasteiger partial charge in [-0.3, -0.25) is 9.59 Å². The van der Waals surface area contributed by atoms with E-state index in [2.05, 4.69) is 10.1 Å². The third kappa shape index (κ3) is 3.38. The van der Waals surface area contributed by atoms with Crippen LogP contribution in [0, 0.1) is 0 Å². The first kappa shape index (κ1) is 16.7. The lowest BCUT2D eigenvalue weighted by atomic mass is 9.99. The molecule has 128 valence electrons. The molecule has 0 fully saturated rings. The summed E-state index contributed by atoms with van der Waals surface area (Å²) in [6.07, 6.45) is 0. The fourth-order valence-corrected chi connectivity index (χ4v) is 2.63. The van der Waals surface area contributed by atoms with E-state index < -0.39 is 5.97 Å². The number of hydrogen-bond donors (Lipinski definition) is 1. The van der Waals surface area contributed by atoms with Crippen LogP contribution >= 0.6 is 0 Å². The van der Waals surface area contributed by atoms with Crippen molar-refractivity contribution < 1.29 is 23.9 Å². The van der Waals surface area contributed by atoms with Crippen LogP contribution in [0.25, 0.3) is 0 Å². The quantitative estimate of drug-likeness (QED) is 0.669. The summed E-state index contributed by atoms with van der Waals surface area (Å²) < 4.78 is 10.1. The number of anilines is 1. The maximum absolute atomic E-state index is 12.3. The fraction of sp³-hybridized carbons (Fsp3) is 0.211.